The van der Waals surface area contributed by atoms with E-state index in [9.17, 15) is 0 Å². The van der Waals surface area contributed by atoms with Crippen molar-refractivity contribution < 1.29 is 0 Å². The third-order valence-electron chi connectivity index (χ3n) is 10.1. The number of benzene rings is 7. The second-order valence-corrected chi connectivity index (χ2v) is 15.1. The summed E-state index contributed by atoms with van der Waals surface area (Å²) in [5.74, 6) is 0. The van der Waals surface area contributed by atoms with Crippen LogP contribution in [0, 0.1) is 0 Å². The van der Waals surface area contributed by atoms with E-state index in [1.54, 1.807) is 0 Å². The van der Waals surface area contributed by atoms with Crippen molar-refractivity contribution in [2.24, 2.45) is 0 Å². The molecule has 0 N–H and O–H groups in total. The van der Waals surface area contributed by atoms with Crippen LogP contribution in [0.2, 0.25) is 0 Å². The van der Waals surface area contributed by atoms with Gasteiger partial charge in [0.1, 0.15) is 0 Å². The number of aromatic nitrogens is 4. The van der Waals surface area contributed by atoms with E-state index in [1.165, 1.54) is 53.3 Å². The molecule has 0 spiro atoms. The van der Waals surface area contributed by atoms with Crippen LogP contribution in [-0.4, -0.2) is 33.6 Å². The third kappa shape index (κ3) is 4.26. The predicted molar refractivity (Wildman–Crippen MR) is 214 cm³/mol. The molecule has 0 saturated carbocycles. The third-order valence-corrected chi connectivity index (χ3v) is 12.3. The first-order valence-electron chi connectivity index (χ1n) is 17.2. The van der Waals surface area contributed by atoms with E-state index in [1.807, 2.05) is 6.07 Å². The molecule has 0 saturated heterocycles. The quantitative estimate of drug-likeness (QED) is 0.170. The Kier molecular flexibility index (Phi) is 6.23. The minimum atomic E-state index is 0.0121. The van der Waals surface area contributed by atoms with Gasteiger partial charge in [-0.3, -0.25) is 0 Å². The van der Waals surface area contributed by atoms with Crippen LogP contribution in [-0.2, 0) is 0 Å². The summed E-state index contributed by atoms with van der Waals surface area (Å²) in [5, 5.41) is 6.22. The Labute approximate surface area is 299 Å². The molecular formula is C46H28N4Se. The second-order valence-electron chi connectivity index (χ2n) is 13.0. The molecule has 0 fully saturated rings. The van der Waals surface area contributed by atoms with E-state index < -0.39 is 0 Å². The standard InChI is InChI=1S/C46H28N4Se/c1-4-14-29(15-5-1)42-43(30-16-6-2-7-17-30)48-46-44(47-42)36-25-24-32(28-40(36)51-46)49-38-23-13-11-21-35(38)41-39(49)27-26-34-33-20-10-12-22-37(33)50(45(34)41)31-18-8-3-9-19-31/h1-28H. The minimum absolute atomic E-state index is 0.0121. The molecule has 11 aromatic rings. The van der Waals surface area contributed by atoms with Crippen LogP contribution >= 0.6 is 0 Å². The van der Waals surface area contributed by atoms with Gasteiger partial charge in [-0.2, -0.15) is 0 Å². The maximum absolute atomic E-state index is 5.37. The molecule has 238 valence electrons. The van der Waals surface area contributed by atoms with Crippen LogP contribution in [0.15, 0.2) is 170 Å². The zero-order valence-corrected chi connectivity index (χ0v) is 29.1. The van der Waals surface area contributed by atoms with E-state index in [2.05, 4.69) is 173 Å². The van der Waals surface area contributed by atoms with E-state index in [0.717, 1.165) is 43.8 Å². The van der Waals surface area contributed by atoms with Crippen molar-refractivity contribution in [3.63, 3.8) is 0 Å². The van der Waals surface area contributed by atoms with Gasteiger partial charge in [-0.15, -0.1) is 0 Å². The van der Waals surface area contributed by atoms with Gasteiger partial charge in [0.15, 0.2) is 0 Å². The number of hydrogen-bond donors (Lipinski definition) is 0. The molecule has 0 radical (unpaired) electrons. The molecular weight excluding hydrogens is 687 g/mol. The summed E-state index contributed by atoms with van der Waals surface area (Å²) in [5.41, 5.74) is 12.2. The van der Waals surface area contributed by atoms with E-state index in [0.29, 0.717) is 0 Å². The van der Waals surface area contributed by atoms with Crippen molar-refractivity contribution in [3.05, 3.63) is 170 Å². The summed E-state index contributed by atoms with van der Waals surface area (Å²) < 4.78 is 7.29. The zero-order chi connectivity index (χ0) is 33.5. The fourth-order valence-electron chi connectivity index (χ4n) is 7.93. The normalized spacial score (nSPS) is 11.9. The van der Waals surface area contributed by atoms with Gasteiger partial charge in [0, 0.05) is 0 Å². The zero-order valence-electron chi connectivity index (χ0n) is 27.4. The van der Waals surface area contributed by atoms with E-state index in [4.69, 9.17) is 9.97 Å². The molecule has 4 aromatic heterocycles. The average molecular weight is 716 g/mol. The first-order valence-corrected chi connectivity index (χ1v) is 18.9. The summed E-state index contributed by atoms with van der Waals surface area (Å²) >= 11 is 0.0121. The van der Waals surface area contributed by atoms with Gasteiger partial charge in [0.2, 0.25) is 0 Å². The van der Waals surface area contributed by atoms with Crippen molar-refractivity contribution in [1.29, 1.82) is 0 Å². The Morgan fingerprint density at radius 3 is 1.73 bits per heavy atom. The van der Waals surface area contributed by atoms with Gasteiger partial charge < -0.3 is 0 Å². The maximum atomic E-state index is 5.37. The monoisotopic (exact) mass is 716 g/mol. The first-order chi connectivity index (χ1) is 25.3. The molecule has 0 atom stereocenters. The summed E-state index contributed by atoms with van der Waals surface area (Å²) in [6.07, 6.45) is 0. The Morgan fingerprint density at radius 2 is 1.00 bits per heavy atom. The van der Waals surface area contributed by atoms with Gasteiger partial charge in [-0.05, 0) is 0 Å². The summed E-state index contributed by atoms with van der Waals surface area (Å²) in [6, 6.07) is 60.8. The van der Waals surface area contributed by atoms with E-state index >= 15 is 0 Å². The molecule has 7 aromatic carbocycles. The second kappa shape index (κ2) is 11.1. The number of hydrogen-bond acceptors (Lipinski definition) is 2. The molecule has 51 heavy (non-hydrogen) atoms. The van der Waals surface area contributed by atoms with Crippen molar-refractivity contribution in [2.45, 2.75) is 0 Å². The Bertz CT molecular complexity index is 3120. The van der Waals surface area contributed by atoms with Crippen molar-refractivity contribution in [2.75, 3.05) is 0 Å². The molecule has 11 rings (SSSR count). The molecule has 4 nitrogen and oxygen atoms in total. The topological polar surface area (TPSA) is 35.6 Å². The van der Waals surface area contributed by atoms with Crippen molar-refractivity contribution in [1.82, 2.24) is 19.1 Å². The molecule has 5 heteroatoms. The molecule has 4 heterocycles. The summed E-state index contributed by atoms with van der Waals surface area (Å²) in [6.45, 7) is 0. The number of para-hydroxylation sites is 3. The predicted octanol–water partition coefficient (Wildman–Crippen LogP) is 11.4. The van der Waals surface area contributed by atoms with Gasteiger partial charge in [-0.25, -0.2) is 0 Å². The van der Waals surface area contributed by atoms with Crippen LogP contribution < -0.4 is 0 Å². The SMILES string of the molecule is c1ccc(-c2nc3[se]c4cc(-n5c6ccccc6c6c5ccc5c7ccccc7n(-c7ccccc7)c56)ccc4c3nc2-c2ccccc2)cc1. The molecule has 0 aliphatic rings. The number of fused-ring (bicyclic) bond motifs is 10. The Balaban J connectivity index is 1.18. The number of nitrogens with zero attached hydrogens (tertiary/aromatic N) is 4. The molecule has 0 bridgehead atoms. The molecule has 0 amide bonds. The van der Waals surface area contributed by atoms with Crippen LogP contribution in [0.25, 0.3) is 97.1 Å². The van der Waals surface area contributed by atoms with Gasteiger partial charge >= 0.3 is 301 Å². The number of rotatable bonds is 4. The Hall–Kier alpha value is -6.26. The van der Waals surface area contributed by atoms with E-state index in [-0.39, 0.29) is 14.5 Å². The average Bonchev–Trinajstić information content (AvgIpc) is 3.85. The van der Waals surface area contributed by atoms with Crippen LogP contribution in [0.4, 0.5) is 0 Å². The summed E-state index contributed by atoms with van der Waals surface area (Å²) in [7, 11) is 0. The van der Waals surface area contributed by atoms with Crippen molar-refractivity contribution in [3.8, 4) is 33.9 Å². The molecule has 0 aliphatic carbocycles. The fraction of sp³-hybridized carbons (Fsp3) is 0. The Morgan fingerprint density at radius 1 is 0.412 bits per heavy atom. The molecule has 0 unspecified atom stereocenters. The fourth-order valence-corrected chi connectivity index (χ4v) is 10.1. The summed E-state index contributed by atoms with van der Waals surface area (Å²) in [4.78, 5) is 10.7. The van der Waals surface area contributed by atoms with Crippen LogP contribution in [0.1, 0.15) is 0 Å². The first kappa shape index (κ1) is 28.6. The van der Waals surface area contributed by atoms with Gasteiger partial charge in [-0.1, -0.05) is 0 Å². The van der Waals surface area contributed by atoms with Crippen LogP contribution in [0.5, 0.6) is 0 Å². The van der Waals surface area contributed by atoms with Gasteiger partial charge in [0.05, 0.1) is 0 Å². The van der Waals surface area contributed by atoms with Gasteiger partial charge in [0.25, 0.3) is 0 Å². The molecule has 0 aliphatic heterocycles. The van der Waals surface area contributed by atoms with Crippen molar-refractivity contribution >= 4 is 77.7 Å². The van der Waals surface area contributed by atoms with Crippen LogP contribution in [0.3, 0.4) is 0 Å².